The molecule has 2 saturated heterocycles. The van der Waals surface area contributed by atoms with Crippen LogP contribution in [0.3, 0.4) is 0 Å². The molecule has 0 aliphatic carbocycles. The van der Waals surface area contributed by atoms with Gasteiger partial charge in [-0.3, -0.25) is 4.79 Å². The number of carbonyl (C=O) groups excluding carboxylic acids is 2. The summed E-state index contributed by atoms with van der Waals surface area (Å²) in [6, 6.07) is -0.0353. The second-order valence-corrected chi connectivity index (χ2v) is 12.4. The molecule has 2 aliphatic rings. The lowest BCUT2D eigenvalue weighted by Crippen LogP contribution is -2.48. The minimum atomic E-state index is -1.91. The van der Waals surface area contributed by atoms with E-state index in [1.54, 1.807) is 4.90 Å². The van der Waals surface area contributed by atoms with Gasteiger partial charge in [0.05, 0.1) is 12.1 Å². The van der Waals surface area contributed by atoms with Gasteiger partial charge in [0, 0.05) is 6.42 Å². The Morgan fingerprint density at radius 1 is 1.45 bits per heavy atom. The van der Waals surface area contributed by atoms with Gasteiger partial charge in [-0.05, 0) is 31.0 Å². The molecule has 2 heterocycles. The van der Waals surface area contributed by atoms with E-state index in [1.165, 1.54) is 0 Å². The molecule has 2 bridgehead atoms. The maximum absolute atomic E-state index is 11.7. The van der Waals surface area contributed by atoms with Crippen LogP contribution in [0.2, 0.25) is 18.1 Å². The fourth-order valence-corrected chi connectivity index (χ4v) is 4.59. The number of carbonyl (C=O) groups is 2. The van der Waals surface area contributed by atoms with Crippen molar-refractivity contribution in [3.05, 3.63) is 0 Å². The number of fused-ring (bicyclic) bond motifs is 2. The van der Waals surface area contributed by atoms with Crippen LogP contribution in [0.15, 0.2) is 0 Å². The van der Waals surface area contributed by atoms with Gasteiger partial charge >= 0.3 is 0 Å². The van der Waals surface area contributed by atoms with Gasteiger partial charge in [0.25, 0.3) is 0 Å². The first kappa shape index (κ1) is 15.8. The summed E-state index contributed by atoms with van der Waals surface area (Å²) in [5.74, 6) is -0.499. The van der Waals surface area contributed by atoms with Crippen LogP contribution in [0.5, 0.6) is 0 Å². The maximum Gasteiger partial charge on any atom is 0.200 e. The summed E-state index contributed by atoms with van der Waals surface area (Å²) in [4.78, 5) is 24.8. The standard InChI is InChI=1S/C14H24BNO3Si/c1-13(2,3)20(4,5)19-11-8-14(9-17)7-6-10(11)16(14)12(15)18/h9-11H,6-8H2,1-5H3. The van der Waals surface area contributed by atoms with E-state index in [9.17, 15) is 9.59 Å². The summed E-state index contributed by atoms with van der Waals surface area (Å²) < 4.78 is 6.43. The van der Waals surface area contributed by atoms with Crippen molar-refractivity contribution in [3.63, 3.8) is 0 Å². The average Bonchev–Trinajstić information content (AvgIpc) is 2.79. The molecule has 0 N–H and O–H groups in total. The Labute approximate surface area is 123 Å². The van der Waals surface area contributed by atoms with Crippen molar-refractivity contribution in [1.82, 2.24) is 4.90 Å². The summed E-state index contributed by atoms with van der Waals surface area (Å²) in [5, 5.41) is 0.112. The fourth-order valence-electron chi connectivity index (χ4n) is 3.24. The van der Waals surface area contributed by atoms with Gasteiger partial charge in [-0.1, -0.05) is 20.8 Å². The van der Waals surface area contributed by atoms with Crippen molar-refractivity contribution < 1.29 is 14.0 Å². The molecule has 2 radical (unpaired) electrons. The lowest BCUT2D eigenvalue weighted by Gasteiger charge is -2.40. The van der Waals surface area contributed by atoms with Crippen LogP contribution < -0.4 is 0 Å². The minimum Gasteiger partial charge on any atom is -0.412 e. The summed E-state index contributed by atoms with van der Waals surface area (Å²) in [7, 11) is 3.56. The van der Waals surface area contributed by atoms with E-state index < -0.39 is 19.7 Å². The maximum atomic E-state index is 11.7. The van der Waals surface area contributed by atoms with Gasteiger partial charge in [-0.25, -0.2) is 0 Å². The molecular formula is C14H24BNO3Si. The number of nitrogens with zero attached hydrogens (tertiary/aromatic N) is 1. The van der Waals surface area contributed by atoms with Crippen molar-refractivity contribution >= 4 is 28.3 Å². The molecule has 3 unspecified atom stereocenters. The highest BCUT2D eigenvalue weighted by molar-refractivity contribution is 6.74. The van der Waals surface area contributed by atoms with E-state index >= 15 is 0 Å². The molecule has 0 spiro atoms. The molecule has 1 amide bonds. The first-order valence-electron chi connectivity index (χ1n) is 7.27. The van der Waals surface area contributed by atoms with Gasteiger partial charge in [0.1, 0.15) is 11.8 Å². The van der Waals surface area contributed by atoms with Crippen molar-refractivity contribution in [3.8, 4) is 0 Å². The van der Waals surface area contributed by atoms with Crippen molar-refractivity contribution in [2.75, 3.05) is 0 Å². The SMILES string of the molecule is [B]C(=O)N1C2CCC1(C=O)CC2O[Si](C)(C)C(C)(C)C. The summed E-state index contributed by atoms with van der Waals surface area (Å²) in [6.45, 7) is 11.0. The van der Waals surface area contributed by atoms with E-state index in [0.717, 1.165) is 12.7 Å². The summed E-state index contributed by atoms with van der Waals surface area (Å²) >= 11 is 0. The van der Waals surface area contributed by atoms with Crippen LogP contribution in [0.25, 0.3) is 0 Å². The van der Waals surface area contributed by atoms with Crippen LogP contribution in [0, 0.1) is 0 Å². The van der Waals surface area contributed by atoms with Crippen LogP contribution in [0.4, 0.5) is 4.79 Å². The van der Waals surface area contributed by atoms with Crippen LogP contribution >= 0.6 is 0 Å². The highest BCUT2D eigenvalue weighted by Gasteiger charge is 2.59. The Morgan fingerprint density at radius 2 is 2.05 bits per heavy atom. The fraction of sp³-hybridized carbons (Fsp3) is 0.857. The number of aldehydes is 1. The largest absolute Gasteiger partial charge is 0.412 e. The zero-order valence-electron chi connectivity index (χ0n) is 13.1. The molecule has 20 heavy (non-hydrogen) atoms. The first-order chi connectivity index (χ1) is 9.04. The quantitative estimate of drug-likeness (QED) is 0.593. The second-order valence-electron chi connectivity index (χ2n) is 7.66. The van der Waals surface area contributed by atoms with E-state index in [2.05, 4.69) is 33.9 Å². The third-order valence-electron chi connectivity index (χ3n) is 5.38. The minimum absolute atomic E-state index is 0.0353. The van der Waals surface area contributed by atoms with E-state index in [4.69, 9.17) is 12.3 Å². The Balaban J connectivity index is 2.22. The van der Waals surface area contributed by atoms with Crippen LogP contribution in [-0.4, -0.2) is 50.8 Å². The van der Waals surface area contributed by atoms with E-state index in [-0.39, 0.29) is 17.2 Å². The molecule has 0 saturated carbocycles. The van der Waals surface area contributed by atoms with Gasteiger partial charge in [-0.15, -0.1) is 0 Å². The number of hydrogen-bond donors (Lipinski definition) is 0. The molecule has 6 heteroatoms. The molecule has 2 fully saturated rings. The highest BCUT2D eigenvalue weighted by atomic mass is 28.4. The molecule has 110 valence electrons. The van der Waals surface area contributed by atoms with Crippen molar-refractivity contribution in [2.45, 2.75) is 75.9 Å². The van der Waals surface area contributed by atoms with Crippen molar-refractivity contribution in [2.24, 2.45) is 0 Å². The lowest BCUT2D eigenvalue weighted by atomic mass is 9.87. The highest BCUT2D eigenvalue weighted by Crippen LogP contribution is 2.49. The van der Waals surface area contributed by atoms with E-state index in [1.807, 2.05) is 0 Å². The molecular weight excluding hydrogens is 269 g/mol. The van der Waals surface area contributed by atoms with Gasteiger partial charge in [0.2, 0.25) is 7.85 Å². The summed E-state index contributed by atoms with van der Waals surface area (Å²) in [6.07, 6.45) is 2.95. The molecule has 0 aromatic carbocycles. The normalized spacial score (nSPS) is 33.5. The third kappa shape index (κ3) is 2.26. The Hall–Kier alpha value is -0.618. The van der Waals surface area contributed by atoms with Crippen LogP contribution in [0.1, 0.15) is 40.0 Å². The molecule has 3 atom stereocenters. The third-order valence-corrected chi connectivity index (χ3v) is 9.88. The zero-order chi connectivity index (χ0) is 15.3. The number of rotatable bonds is 3. The molecule has 2 rings (SSSR count). The van der Waals surface area contributed by atoms with Crippen molar-refractivity contribution in [1.29, 1.82) is 0 Å². The Morgan fingerprint density at radius 3 is 2.45 bits per heavy atom. The number of hydrogen-bond acceptors (Lipinski definition) is 3. The Bertz CT molecular complexity index is 435. The zero-order valence-corrected chi connectivity index (χ0v) is 14.1. The predicted octanol–water partition coefficient (Wildman–Crippen LogP) is 2.47. The number of amides is 1. The topological polar surface area (TPSA) is 46.6 Å². The smallest absolute Gasteiger partial charge is 0.200 e. The molecule has 0 aromatic rings. The van der Waals surface area contributed by atoms with Gasteiger partial charge < -0.3 is 14.1 Å². The van der Waals surface area contributed by atoms with Crippen LogP contribution in [-0.2, 0) is 9.22 Å². The predicted molar refractivity (Wildman–Crippen MR) is 81.5 cm³/mol. The second kappa shape index (κ2) is 4.70. The van der Waals surface area contributed by atoms with Gasteiger partial charge in [0.15, 0.2) is 14.1 Å². The summed E-state index contributed by atoms with van der Waals surface area (Å²) in [5.41, 5.74) is -0.719. The average molecular weight is 293 g/mol. The monoisotopic (exact) mass is 293 g/mol. The Kier molecular flexibility index (Phi) is 3.70. The molecule has 4 nitrogen and oxygen atoms in total. The molecule has 0 aromatic heterocycles. The lowest BCUT2D eigenvalue weighted by molar-refractivity contribution is -0.115. The first-order valence-corrected chi connectivity index (χ1v) is 10.2. The van der Waals surface area contributed by atoms with E-state index in [0.29, 0.717) is 12.8 Å². The molecule has 2 aliphatic heterocycles. The van der Waals surface area contributed by atoms with Gasteiger partial charge in [-0.2, -0.15) is 0 Å².